The number of halogens is 1. The maximum absolute atomic E-state index is 13.9. The number of anilines is 1. The lowest BCUT2D eigenvalue weighted by atomic mass is 9.98. The Morgan fingerprint density at radius 2 is 1.94 bits per heavy atom. The number of carbonyl (C=O) groups is 1. The van der Waals surface area contributed by atoms with Gasteiger partial charge in [0.05, 0.1) is 23.8 Å². The molecule has 2 aromatic carbocycles. The van der Waals surface area contributed by atoms with Gasteiger partial charge in [0.2, 0.25) is 5.76 Å². The van der Waals surface area contributed by atoms with Crippen LogP contribution in [0.25, 0.3) is 11.0 Å². The van der Waals surface area contributed by atoms with Crippen LogP contribution in [0.15, 0.2) is 51.7 Å². The van der Waals surface area contributed by atoms with E-state index in [1.165, 1.54) is 35.5 Å². The van der Waals surface area contributed by atoms with Gasteiger partial charge in [0.1, 0.15) is 23.2 Å². The highest BCUT2D eigenvalue weighted by Gasteiger charge is 2.46. The van der Waals surface area contributed by atoms with Crippen molar-refractivity contribution in [3.63, 3.8) is 0 Å². The zero-order valence-electron chi connectivity index (χ0n) is 16.9. The van der Waals surface area contributed by atoms with Gasteiger partial charge in [-0.3, -0.25) is 14.5 Å². The van der Waals surface area contributed by atoms with Crippen molar-refractivity contribution in [1.29, 1.82) is 0 Å². The second-order valence-electron chi connectivity index (χ2n) is 7.27. The van der Waals surface area contributed by atoms with E-state index in [9.17, 15) is 14.0 Å². The fraction of sp³-hybridized carbons (Fsp3) is 0.174. The maximum atomic E-state index is 13.9. The van der Waals surface area contributed by atoms with Crippen molar-refractivity contribution >= 4 is 33.3 Å². The first-order chi connectivity index (χ1) is 14.9. The van der Waals surface area contributed by atoms with E-state index in [0.29, 0.717) is 16.4 Å². The fourth-order valence-corrected chi connectivity index (χ4v) is 4.82. The third-order valence-corrected chi connectivity index (χ3v) is 6.56. The standard InChI is InChI=1S/C23H17FN2O4S/c1-11-12(2)31-23(25-11)26-19(14-6-4-5-7-16(14)29-3)18-20(27)15-10-13(24)8-9-17(15)30-21(18)22(26)28/h4-10,19H,1-3H3. The first-order valence-electron chi connectivity index (χ1n) is 9.57. The average Bonchev–Trinajstić information content (AvgIpc) is 3.24. The summed E-state index contributed by atoms with van der Waals surface area (Å²) in [5, 5.41) is 0.539. The topological polar surface area (TPSA) is 72.6 Å². The number of hydrogen-bond acceptors (Lipinski definition) is 6. The Balaban J connectivity index is 1.85. The first kappa shape index (κ1) is 19.4. The SMILES string of the molecule is COc1ccccc1C1c2c(oc3ccc(F)cc3c2=O)C(=O)N1c1nc(C)c(C)s1. The van der Waals surface area contributed by atoms with E-state index in [1.54, 1.807) is 24.3 Å². The van der Waals surface area contributed by atoms with E-state index in [0.717, 1.165) is 16.6 Å². The van der Waals surface area contributed by atoms with Crippen molar-refractivity contribution in [2.75, 3.05) is 12.0 Å². The van der Waals surface area contributed by atoms with Gasteiger partial charge in [-0.05, 0) is 38.1 Å². The molecule has 3 heterocycles. The molecule has 1 atom stereocenters. The number of methoxy groups -OCH3 is 1. The minimum absolute atomic E-state index is 0.0643. The Hall–Kier alpha value is -3.52. The van der Waals surface area contributed by atoms with Crippen LogP contribution >= 0.6 is 11.3 Å². The molecule has 4 aromatic rings. The van der Waals surface area contributed by atoms with Crippen molar-refractivity contribution in [3.05, 3.63) is 86.0 Å². The molecule has 8 heteroatoms. The Labute approximate surface area is 180 Å². The summed E-state index contributed by atoms with van der Waals surface area (Å²) in [6.07, 6.45) is 0. The van der Waals surface area contributed by atoms with E-state index in [1.807, 2.05) is 13.8 Å². The summed E-state index contributed by atoms with van der Waals surface area (Å²) in [5.74, 6) is -0.573. The van der Waals surface area contributed by atoms with Crippen LogP contribution < -0.4 is 15.1 Å². The number of thiazole rings is 1. The van der Waals surface area contributed by atoms with Gasteiger partial charge in [-0.1, -0.05) is 18.2 Å². The highest BCUT2D eigenvalue weighted by Crippen LogP contribution is 2.45. The summed E-state index contributed by atoms with van der Waals surface area (Å²) < 4.78 is 25.3. The highest BCUT2D eigenvalue weighted by atomic mass is 32.1. The van der Waals surface area contributed by atoms with Gasteiger partial charge >= 0.3 is 0 Å². The molecular weight excluding hydrogens is 419 g/mol. The minimum Gasteiger partial charge on any atom is -0.496 e. The van der Waals surface area contributed by atoms with Crippen LogP contribution in [0, 0.1) is 19.7 Å². The van der Waals surface area contributed by atoms with E-state index in [-0.39, 0.29) is 22.3 Å². The third-order valence-electron chi connectivity index (χ3n) is 5.49. The van der Waals surface area contributed by atoms with Crippen LogP contribution in [0.2, 0.25) is 0 Å². The normalized spacial score (nSPS) is 15.5. The van der Waals surface area contributed by atoms with Gasteiger partial charge in [0.25, 0.3) is 5.91 Å². The number of benzene rings is 2. The van der Waals surface area contributed by atoms with E-state index in [2.05, 4.69) is 4.98 Å². The largest absolute Gasteiger partial charge is 0.496 e. The molecule has 0 bridgehead atoms. The Bertz CT molecular complexity index is 1410. The number of fused-ring (bicyclic) bond motifs is 2. The number of hydrogen-bond donors (Lipinski definition) is 0. The number of ether oxygens (including phenoxy) is 1. The first-order valence-corrected chi connectivity index (χ1v) is 10.4. The maximum Gasteiger partial charge on any atom is 0.297 e. The Kier molecular flexibility index (Phi) is 4.40. The van der Waals surface area contributed by atoms with E-state index < -0.39 is 23.2 Å². The summed E-state index contributed by atoms with van der Waals surface area (Å²) >= 11 is 1.36. The molecule has 1 aliphatic heterocycles. The zero-order chi connectivity index (χ0) is 21.9. The predicted molar refractivity (Wildman–Crippen MR) is 116 cm³/mol. The molecule has 31 heavy (non-hydrogen) atoms. The second kappa shape index (κ2) is 7.02. The zero-order valence-corrected chi connectivity index (χ0v) is 17.7. The number of aryl methyl sites for hydroxylation is 2. The summed E-state index contributed by atoms with van der Waals surface area (Å²) in [7, 11) is 1.52. The molecule has 156 valence electrons. The molecule has 0 spiro atoms. The Morgan fingerprint density at radius 3 is 2.65 bits per heavy atom. The molecule has 5 rings (SSSR count). The molecular formula is C23H17FN2O4S. The number of amides is 1. The molecule has 0 radical (unpaired) electrons. The van der Waals surface area contributed by atoms with Gasteiger partial charge in [-0.25, -0.2) is 9.37 Å². The predicted octanol–water partition coefficient (Wildman–Crippen LogP) is 4.76. The van der Waals surface area contributed by atoms with Gasteiger partial charge in [-0.15, -0.1) is 11.3 Å². The average molecular weight is 436 g/mol. The number of para-hydroxylation sites is 1. The second-order valence-corrected chi connectivity index (χ2v) is 8.45. The third kappa shape index (κ3) is 2.86. The van der Waals surface area contributed by atoms with Crippen LogP contribution in [-0.2, 0) is 0 Å². The number of carbonyl (C=O) groups excluding carboxylic acids is 1. The lowest BCUT2D eigenvalue weighted by Gasteiger charge is -2.24. The quantitative estimate of drug-likeness (QED) is 0.463. The molecule has 1 aliphatic rings. The Morgan fingerprint density at radius 1 is 1.16 bits per heavy atom. The lowest BCUT2D eigenvalue weighted by Crippen LogP contribution is -2.29. The van der Waals surface area contributed by atoms with Crippen LogP contribution in [0.5, 0.6) is 5.75 Å². The number of rotatable bonds is 3. The molecule has 0 saturated heterocycles. The molecule has 0 N–H and O–H groups in total. The monoisotopic (exact) mass is 436 g/mol. The van der Waals surface area contributed by atoms with Crippen molar-refractivity contribution in [2.45, 2.75) is 19.9 Å². The minimum atomic E-state index is -0.812. The van der Waals surface area contributed by atoms with Crippen molar-refractivity contribution < 1.29 is 18.3 Å². The molecule has 1 unspecified atom stereocenters. The summed E-state index contributed by atoms with van der Waals surface area (Å²) in [6, 6.07) is 10.0. The van der Waals surface area contributed by atoms with Crippen LogP contribution in [-0.4, -0.2) is 18.0 Å². The van der Waals surface area contributed by atoms with Crippen LogP contribution in [0.1, 0.15) is 38.3 Å². The van der Waals surface area contributed by atoms with Crippen molar-refractivity contribution in [1.82, 2.24) is 4.98 Å². The van der Waals surface area contributed by atoms with Crippen molar-refractivity contribution in [3.8, 4) is 5.75 Å². The molecule has 0 fully saturated rings. The van der Waals surface area contributed by atoms with E-state index in [4.69, 9.17) is 9.15 Å². The molecule has 1 amide bonds. The van der Waals surface area contributed by atoms with Crippen LogP contribution in [0.4, 0.5) is 9.52 Å². The van der Waals surface area contributed by atoms with E-state index >= 15 is 0 Å². The van der Waals surface area contributed by atoms with Crippen molar-refractivity contribution in [2.24, 2.45) is 0 Å². The van der Waals surface area contributed by atoms with Gasteiger partial charge in [-0.2, -0.15) is 0 Å². The van der Waals surface area contributed by atoms with Crippen LogP contribution in [0.3, 0.4) is 0 Å². The summed E-state index contributed by atoms with van der Waals surface area (Å²) in [5.41, 5.74) is 1.27. The summed E-state index contributed by atoms with van der Waals surface area (Å²) in [6.45, 7) is 3.78. The number of nitrogens with zero attached hydrogens (tertiary/aromatic N) is 2. The molecule has 0 aliphatic carbocycles. The smallest absolute Gasteiger partial charge is 0.297 e. The fourth-order valence-electron chi connectivity index (χ4n) is 3.89. The molecule has 0 saturated carbocycles. The van der Waals surface area contributed by atoms with Gasteiger partial charge < -0.3 is 9.15 Å². The molecule has 6 nitrogen and oxygen atoms in total. The summed E-state index contributed by atoms with van der Waals surface area (Å²) in [4.78, 5) is 34.0. The van der Waals surface area contributed by atoms with Gasteiger partial charge in [0, 0.05) is 10.4 Å². The molecule has 2 aromatic heterocycles. The van der Waals surface area contributed by atoms with Gasteiger partial charge in [0.15, 0.2) is 10.6 Å². The lowest BCUT2D eigenvalue weighted by molar-refractivity contribution is 0.0971. The highest BCUT2D eigenvalue weighted by molar-refractivity contribution is 7.15. The number of aromatic nitrogens is 1.